The minimum Gasteiger partial charge on any atom is -0.496 e. The Bertz CT molecular complexity index is 910. The summed E-state index contributed by atoms with van der Waals surface area (Å²) in [6.45, 7) is 0. The van der Waals surface area contributed by atoms with Gasteiger partial charge in [0.1, 0.15) is 5.75 Å². The molecule has 1 amide bonds. The summed E-state index contributed by atoms with van der Waals surface area (Å²) in [5, 5.41) is 16.0. The third-order valence-corrected chi connectivity index (χ3v) is 4.29. The van der Waals surface area contributed by atoms with Crippen molar-refractivity contribution in [2.24, 2.45) is 0 Å². The monoisotopic (exact) mass is 365 g/mol. The normalized spacial score (nSPS) is 11.6. The smallest absolute Gasteiger partial charge is 0.305 e. The average Bonchev–Trinajstić information content (AvgIpc) is 3.22. The molecule has 0 aliphatic rings. The molecule has 0 radical (unpaired) electrons. The molecule has 1 aromatic heterocycles. The Kier molecular flexibility index (Phi) is 5.51. The molecule has 3 rings (SSSR count). The maximum atomic E-state index is 11.9. The molecule has 0 unspecified atom stereocenters. The zero-order valence-electron chi connectivity index (χ0n) is 14.7. The number of hydrogen-bond acceptors (Lipinski definition) is 4. The minimum absolute atomic E-state index is 0.214. The van der Waals surface area contributed by atoms with Crippen LogP contribution in [0.3, 0.4) is 0 Å². The van der Waals surface area contributed by atoms with Gasteiger partial charge in [0.2, 0.25) is 6.41 Å². The molecule has 0 aliphatic carbocycles. The predicted molar refractivity (Wildman–Crippen MR) is 101 cm³/mol. The van der Waals surface area contributed by atoms with E-state index in [1.165, 1.54) is 4.90 Å². The van der Waals surface area contributed by atoms with Crippen LogP contribution in [0.15, 0.2) is 60.9 Å². The Morgan fingerprint density at radius 3 is 2.67 bits per heavy atom. The van der Waals surface area contributed by atoms with Crippen molar-refractivity contribution in [2.75, 3.05) is 12.0 Å². The van der Waals surface area contributed by atoms with Crippen molar-refractivity contribution in [3.63, 3.8) is 0 Å². The molecule has 138 valence electrons. The van der Waals surface area contributed by atoms with Crippen LogP contribution in [-0.2, 0) is 9.59 Å². The molecule has 2 aromatic carbocycles. The van der Waals surface area contributed by atoms with Crippen LogP contribution in [0.4, 0.5) is 5.69 Å². The van der Waals surface area contributed by atoms with Crippen LogP contribution in [0.5, 0.6) is 5.75 Å². The lowest BCUT2D eigenvalue weighted by molar-refractivity contribution is -0.137. The van der Waals surface area contributed by atoms with Gasteiger partial charge in [-0.05, 0) is 17.7 Å². The number of aromatic nitrogens is 2. The number of hydrogen-bond donors (Lipinski definition) is 2. The molecule has 0 saturated heterocycles. The number of aromatic amines is 1. The number of benzene rings is 2. The lowest BCUT2D eigenvalue weighted by Gasteiger charge is -2.28. The molecule has 0 bridgehead atoms. The number of rotatable bonds is 8. The molecule has 7 nitrogen and oxygen atoms in total. The maximum Gasteiger partial charge on any atom is 0.305 e. The predicted octanol–water partition coefficient (Wildman–Crippen LogP) is 3.26. The van der Waals surface area contributed by atoms with Crippen molar-refractivity contribution in [3.8, 4) is 16.9 Å². The molecule has 7 heteroatoms. The van der Waals surface area contributed by atoms with Crippen LogP contribution in [0, 0.1) is 0 Å². The fourth-order valence-electron chi connectivity index (χ4n) is 3.01. The zero-order chi connectivity index (χ0) is 19.2. The van der Waals surface area contributed by atoms with Crippen LogP contribution < -0.4 is 9.64 Å². The van der Waals surface area contributed by atoms with Crippen molar-refractivity contribution in [3.05, 3.63) is 66.5 Å². The summed E-state index contributed by atoms with van der Waals surface area (Å²) in [5.74, 6) is -0.430. The second kappa shape index (κ2) is 8.18. The van der Waals surface area contributed by atoms with E-state index in [9.17, 15) is 14.7 Å². The van der Waals surface area contributed by atoms with E-state index >= 15 is 0 Å². The molecule has 2 N–H and O–H groups in total. The Morgan fingerprint density at radius 1 is 1.30 bits per heavy atom. The second-order valence-electron chi connectivity index (χ2n) is 5.91. The van der Waals surface area contributed by atoms with Crippen molar-refractivity contribution in [1.29, 1.82) is 0 Å². The molecule has 1 heterocycles. The number of H-pyrrole nitrogens is 1. The number of ether oxygens (including phenoxy) is 1. The van der Waals surface area contributed by atoms with E-state index in [0.29, 0.717) is 17.8 Å². The largest absolute Gasteiger partial charge is 0.496 e. The van der Waals surface area contributed by atoms with Gasteiger partial charge in [-0.15, -0.1) is 0 Å². The fraction of sp³-hybridized carbons (Fsp3) is 0.150. The maximum absolute atomic E-state index is 11.9. The van der Waals surface area contributed by atoms with Crippen molar-refractivity contribution < 1.29 is 19.4 Å². The van der Waals surface area contributed by atoms with E-state index in [4.69, 9.17) is 4.74 Å². The van der Waals surface area contributed by atoms with Crippen molar-refractivity contribution >= 4 is 18.1 Å². The lowest BCUT2D eigenvalue weighted by atomic mass is 10.0. The molecule has 3 aromatic rings. The summed E-state index contributed by atoms with van der Waals surface area (Å²) in [7, 11) is 1.54. The Balaban J connectivity index is 2.02. The molecule has 27 heavy (non-hydrogen) atoms. The highest BCUT2D eigenvalue weighted by atomic mass is 16.5. The number of anilines is 1. The number of methoxy groups -OCH3 is 1. The Labute approximate surface area is 156 Å². The first-order chi connectivity index (χ1) is 13.1. The lowest BCUT2D eigenvalue weighted by Crippen LogP contribution is -2.29. The number of carbonyl (C=O) groups is 2. The molecular weight excluding hydrogens is 346 g/mol. The van der Waals surface area contributed by atoms with Crippen LogP contribution in [0.25, 0.3) is 11.1 Å². The Hall–Kier alpha value is -3.61. The summed E-state index contributed by atoms with van der Waals surface area (Å²) in [4.78, 5) is 24.7. The van der Waals surface area contributed by atoms with Gasteiger partial charge in [-0.3, -0.25) is 14.7 Å². The molecule has 0 saturated carbocycles. The summed E-state index contributed by atoms with van der Waals surface area (Å²) < 4.78 is 5.47. The molecule has 0 aliphatic heterocycles. The van der Waals surface area contributed by atoms with Crippen LogP contribution >= 0.6 is 0 Å². The second-order valence-corrected chi connectivity index (χ2v) is 5.91. The van der Waals surface area contributed by atoms with E-state index < -0.39 is 12.0 Å². The van der Waals surface area contributed by atoms with E-state index in [0.717, 1.165) is 16.7 Å². The number of carboxylic acid groups (broad SMARTS) is 1. The van der Waals surface area contributed by atoms with Gasteiger partial charge in [0.15, 0.2) is 0 Å². The first-order valence-electron chi connectivity index (χ1n) is 8.31. The van der Waals surface area contributed by atoms with Crippen LogP contribution in [0.1, 0.15) is 18.0 Å². The van der Waals surface area contributed by atoms with Gasteiger partial charge in [-0.1, -0.05) is 30.3 Å². The van der Waals surface area contributed by atoms with Gasteiger partial charge in [0.05, 0.1) is 25.8 Å². The van der Waals surface area contributed by atoms with Gasteiger partial charge < -0.3 is 14.7 Å². The van der Waals surface area contributed by atoms with Gasteiger partial charge >= 0.3 is 5.97 Å². The third kappa shape index (κ3) is 3.98. The quantitative estimate of drug-likeness (QED) is 0.597. The van der Waals surface area contributed by atoms with E-state index in [-0.39, 0.29) is 6.42 Å². The van der Waals surface area contributed by atoms with Gasteiger partial charge in [-0.2, -0.15) is 5.10 Å². The number of carbonyl (C=O) groups excluding carboxylic acids is 1. The summed E-state index contributed by atoms with van der Waals surface area (Å²) in [6.07, 6.45) is 3.85. The number of carboxylic acids is 1. The molecule has 0 spiro atoms. The Morgan fingerprint density at radius 2 is 2.07 bits per heavy atom. The fourth-order valence-corrected chi connectivity index (χ4v) is 3.01. The highest BCUT2D eigenvalue weighted by Crippen LogP contribution is 2.36. The van der Waals surface area contributed by atoms with Gasteiger partial charge in [0, 0.05) is 29.1 Å². The summed E-state index contributed by atoms with van der Waals surface area (Å²) >= 11 is 0. The van der Waals surface area contributed by atoms with Crippen LogP contribution in [0.2, 0.25) is 0 Å². The molecule has 0 fully saturated rings. The van der Waals surface area contributed by atoms with Crippen molar-refractivity contribution in [1.82, 2.24) is 10.2 Å². The number of amides is 1. The first-order valence-corrected chi connectivity index (χ1v) is 8.31. The first kappa shape index (κ1) is 18.2. The summed E-state index contributed by atoms with van der Waals surface area (Å²) in [6, 6.07) is 13.7. The average molecular weight is 365 g/mol. The third-order valence-electron chi connectivity index (χ3n) is 4.29. The topological polar surface area (TPSA) is 95.5 Å². The summed E-state index contributed by atoms with van der Waals surface area (Å²) in [5.41, 5.74) is 2.95. The highest BCUT2D eigenvalue weighted by molar-refractivity contribution is 5.82. The van der Waals surface area contributed by atoms with Gasteiger partial charge in [-0.25, -0.2) is 0 Å². The highest BCUT2D eigenvalue weighted by Gasteiger charge is 2.24. The zero-order valence-corrected chi connectivity index (χ0v) is 14.7. The molecular formula is C20H19N3O4. The molecule has 1 atom stereocenters. The standard InChI is InChI=1S/C20H19N3O4/c1-27-19-9-16(7-8-17(19)15-11-21-22-12-15)23(13-24)18(10-20(25)26)14-5-3-2-4-6-14/h2-9,11-13,18H,10H2,1H3,(H,21,22)(H,25,26)/t18-/m1/s1. The van der Waals surface area contributed by atoms with E-state index in [2.05, 4.69) is 10.2 Å². The number of nitrogens with one attached hydrogen (secondary N) is 1. The SMILES string of the molecule is COc1cc(N(C=O)[C@H](CC(=O)O)c2ccccc2)ccc1-c1cn[nH]c1. The van der Waals surface area contributed by atoms with Crippen LogP contribution in [-0.4, -0.2) is 34.8 Å². The van der Waals surface area contributed by atoms with E-state index in [1.807, 2.05) is 24.3 Å². The van der Waals surface area contributed by atoms with Crippen molar-refractivity contribution in [2.45, 2.75) is 12.5 Å². The number of aliphatic carboxylic acids is 1. The minimum atomic E-state index is -0.988. The number of nitrogens with zero attached hydrogens (tertiary/aromatic N) is 2. The van der Waals surface area contributed by atoms with Gasteiger partial charge in [0.25, 0.3) is 0 Å². The van der Waals surface area contributed by atoms with E-state index in [1.54, 1.807) is 43.8 Å².